The first kappa shape index (κ1) is 18.7. The molecule has 2 aromatic rings. The lowest BCUT2D eigenvalue weighted by Crippen LogP contribution is -2.40. The fraction of sp³-hybridized carbons (Fsp3) is 0.333. The van der Waals surface area contributed by atoms with Crippen LogP contribution in [0.4, 0.5) is 0 Å². The Morgan fingerprint density at radius 1 is 1.04 bits per heavy atom. The highest BCUT2D eigenvalue weighted by Crippen LogP contribution is 2.16. The zero-order chi connectivity index (χ0) is 18.1. The van der Waals surface area contributed by atoms with E-state index in [0.717, 1.165) is 42.9 Å². The number of carbonyl (C=O) groups is 2. The highest BCUT2D eigenvalue weighted by Gasteiger charge is 2.20. The number of carboxylic acids is 1. The van der Waals surface area contributed by atoms with E-state index in [2.05, 4.69) is 11.9 Å². The predicted molar refractivity (Wildman–Crippen MR) is 101 cm³/mol. The van der Waals surface area contributed by atoms with Gasteiger partial charge in [-0.1, -0.05) is 55.7 Å². The molecule has 0 aromatic heterocycles. The van der Waals surface area contributed by atoms with Crippen molar-refractivity contribution in [2.45, 2.75) is 44.6 Å². The first-order valence-electron chi connectivity index (χ1n) is 8.75. The minimum absolute atomic E-state index is 0.343. The average molecular weight is 339 g/mol. The molecule has 0 saturated carbocycles. The molecular weight excluding hydrogens is 314 g/mol. The number of carbonyl (C=O) groups excluding carboxylic acids is 1. The van der Waals surface area contributed by atoms with Gasteiger partial charge in [0.25, 0.3) is 5.91 Å². The van der Waals surface area contributed by atoms with Gasteiger partial charge < -0.3 is 10.4 Å². The molecule has 0 fully saturated rings. The minimum atomic E-state index is -0.986. The lowest BCUT2D eigenvalue weighted by Gasteiger charge is -2.14. The van der Waals surface area contributed by atoms with E-state index in [1.54, 1.807) is 12.1 Å². The van der Waals surface area contributed by atoms with Crippen molar-refractivity contribution in [3.63, 3.8) is 0 Å². The van der Waals surface area contributed by atoms with Crippen LogP contribution in [0.15, 0.2) is 55.1 Å². The first-order chi connectivity index (χ1) is 12.1. The summed E-state index contributed by atoms with van der Waals surface area (Å²) in [5.74, 6) is -1.33. The van der Waals surface area contributed by atoms with Crippen LogP contribution in [0.1, 0.15) is 48.9 Å². The van der Waals surface area contributed by atoms with Crippen molar-refractivity contribution in [1.82, 2.24) is 5.32 Å². The van der Waals surface area contributed by atoms with Crippen LogP contribution in [-0.2, 0) is 4.79 Å². The number of hydrogen-bond donors (Lipinski definition) is 2. The van der Waals surface area contributed by atoms with Crippen molar-refractivity contribution in [3.05, 3.63) is 60.7 Å². The van der Waals surface area contributed by atoms with Crippen LogP contribution in [0.25, 0.3) is 10.8 Å². The quantitative estimate of drug-likeness (QED) is 0.493. The van der Waals surface area contributed by atoms with E-state index in [1.807, 2.05) is 36.4 Å². The fourth-order valence-electron chi connectivity index (χ4n) is 2.82. The molecule has 25 heavy (non-hydrogen) atoms. The van der Waals surface area contributed by atoms with Crippen LogP contribution < -0.4 is 5.32 Å². The standard InChI is InChI=1S/C21H25NO3/c1-2-3-4-5-6-7-12-19(21(24)25)22-20(23)18-14-13-16-10-8-9-11-17(16)15-18/h2,8-11,13-15,19H,1,3-7,12H2,(H,22,23)(H,24,25)/t19-/m0/s1. The molecule has 4 nitrogen and oxygen atoms in total. The monoisotopic (exact) mass is 339 g/mol. The van der Waals surface area contributed by atoms with E-state index in [1.165, 1.54) is 0 Å². The number of carboxylic acid groups (broad SMARTS) is 1. The fourth-order valence-corrected chi connectivity index (χ4v) is 2.82. The van der Waals surface area contributed by atoms with Gasteiger partial charge in [0.1, 0.15) is 6.04 Å². The average Bonchev–Trinajstić information content (AvgIpc) is 2.62. The van der Waals surface area contributed by atoms with Crippen molar-refractivity contribution in [1.29, 1.82) is 0 Å². The molecule has 0 aliphatic heterocycles. The second kappa shape index (κ2) is 9.62. The Kier molecular flexibility index (Phi) is 7.20. The van der Waals surface area contributed by atoms with E-state index in [0.29, 0.717) is 12.0 Å². The van der Waals surface area contributed by atoms with Crippen molar-refractivity contribution in [2.75, 3.05) is 0 Å². The van der Waals surface area contributed by atoms with Crippen molar-refractivity contribution < 1.29 is 14.7 Å². The van der Waals surface area contributed by atoms with Crippen molar-refractivity contribution in [2.24, 2.45) is 0 Å². The van der Waals surface area contributed by atoms with E-state index in [4.69, 9.17) is 0 Å². The Balaban J connectivity index is 1.92. The zero-order valence-electron chi connectivity index (χ0n) is 14.4. The second-order valence-corrected chi connectivity index (χ2v) is 6.21. The van der Waals surface area contributed by atoms with Crippen LogP contribution >= 0.6 is 0 Å². The lowest BCUT2D eigenvalue weighted by molar-refractivity contribution is -0.139. The summed E-state index contributed by atoms with van der Waals surface area (Å²) in [7, 11) is 0. The molecule has 0 heterocycles. The zero-order valence-corrected chi connectivity index (χ0v) is 14.4. The third kappa shape index (κ3) is 5.75. The second-order valence-electron chi connectivity index (χ2n) is 6.21. The number of rotatable bonds is 10. The molecule has 2 aromatic carbocycles. The van der Waals surface area contributed by atoms with Gasteiger partial charge in [0, 0.05) is 5.56 Å². The van der Waals surface area contributed by atoms with Crippen LogP contribution in [0.3, 0.4) is 0 Å². The Hall–Kier alpha value is -2.62. The largest absolute Gasteiger partial charge is 0.480 e. The summed E-state index contributed by atoms with van der Waals surface area (Å²) >= 11 is 0. The molecule has 0 bridgehead atoms. The van der Waals surface area contributed by atoms with E-state index in [9.17, 15) is 14.7 Å². The summed E-state index contributed by atoms with van der Waals surface area (Å²) in [6.45, 7) is 3.69. The maximum Gasteiger partial charge on any atom is 0.326 e. The summed E-state index contributed by atoms with van der Waals surface area (Å²) in [5, 5.41) is 14.0. The van der Waals surface area contributed by atoms with E-state index in [-0.39, 0.29) is 5.91 Å². The van der Waals surface area contributed by atoms with E-state index < -0.39 is 12.0 Å². The molecule has 0 radical (unpaired) electrons. The Morgan fingerprint density at radius 3 is 2.48 bits per heavy atom. The van der Waals surface area contributed by atoms with Gasteiger partial charge in [-0.15, -0.1) is 6.58 Å². The van der Waals surface area contributed by atoms with Gasteiger partial charge in [0.15, 0.2) is 0 Å². The van der Waals surface area contributed by atoms with E-state index >= 15 is 0 Å². The van der Waals surface area contributed by atoms with Crippen LogP contribution in [0, 0.1) is 0 Å². The molecule has 2 rings (SSSR count). The SMILES string of the molecule is C=CCCCCCC[C@H](NC(=O)c1ccc2ccccc2c1)C(=O)O. The maximum atomic E-state index is 12.4. The number of amides is 1. The molecule has 2 N–H and O–H groups in total. The topological polar surface area (TPSA) is 66.4 Å². The number of unbranched alkanes of at least 4 members (excludes halogenated alkanes) is 4. The van der Waals surface area contributed by atoms with Gasteiger partial charge in [0.05, 0.1) is 0 Å². The smallest absolute Gasteiger partial charge is 0.326 e. The molecule has 4 heteroatoms. The van der Waals surface area contributed by atoms with Gasteiger partial charge in [0.2, 0.25) is 0 Å². The minimum Gasteiger partial charge on any atom is -0.480 e. The number of hydrogen-bond acceptors (Lipinski definition) is 2. The Labute approximate surface area is 148 Å². The molecule has 1 atom stereocenters. The highest BCUT2D eigenvalue weighted by atomic mass is 16.4. The summed E-state index contributed by atoms with van der Waals surface area (Å²) in [6, 6.07) is 12.3. The Morgan fingerprint density at radius 2 is 1.76 bits per heavy atom. The molecule has 0 aliphatic carbocycles. The molecule has 0 aliphatic rings. The number of allylic oxidation sites excluding steroid dienone is 1. The molecule has 1 amide bonds. The van der Waals surface area contributed by atoms with Crippen LogP contribution in [-0.4, -0.2) is 23.0 Å². The summed E-state index contributed by atoms with van der Waals surface area (Å²) < 4.78 is 0. The summed E-state index contributed by atoms with van der Waals surface area (Å²) in [5.41, 5.74) is 0.482. The molecular formula is C21H25NO3. The van der Waals surface area contributed by atoms with Crippen molar-refractivity contribution in [3.8, 4) is 0 Å². The molecule has 132 valence electrons. The molecule has 0 saturated heterocycles. The lowest BCUT2D eigenvalue weighted by atomic mass is 10.0. The summed E-state index contributed by atoms with van der Waals surface area (Å²) in [4.78, 5) is 23.8. The normalized spacial score (nSPS) is 11.8. The van der Waals surface area contributed by atoms with Gasteiger partial charge in [-0.25, -0.2) is 4.79 Å². The maximum absolute atomic E-state index is 12.4. The Bertz CT molecular complexity index is 739. The first-order valence-corrected chi connectivity index (χ1v) is 8.75. The number of nitrogens with one attached hydrogen (secondary N) is 1. The van der Waals surface area contributed by atoms with Gasteiger partial charge in [-0.2, -0.15) is 0 Å². The van der Waals surface area contributed by atoms with Crippen LogP contribution in [0.5, 0.6) is 0 Å². The van der Waals surface area contributed by atoms with Gasteiger partial charge in [-0.3, -0.25) is 4.79 Å². The number of fused-ring (bicyclic) bond motifs is 1. The number of benzene rings is 2. The van der Waals surface area contributed by atoms with Gasteiger partial charge in [-0.05, 0) is 42.2 Å². The number of aliphatic carboxylic acids is 1. The van der Waals surface area contributed by atoms with Crippen LogP contribution in [0.2, 0.25) is 0 Å². The van der Waals surface area contributed by atoms with Gasteiger partial charge >= 0.3 is 5.97 Å². The summed E-state index contributed by atoms with van der Waals surface area (Å²) in [6.07, 6.45) is 7.20. The predicted octanol–water partition coefficient (Wildman–Crippen LogP) is 4.55. The van der Waals surface area contributed by atoms with Crippen molar-refractivity contribution >= 4 is 22.6 Å². The molecule has 0 spiro atoms. The molecule has 0 unspecified atom stereocenters. The third-order valence-corrected chi connectivity index (χ3v) is 4.27. The highest BCUT2D eigenvalue weighted by molar-refractivity contribution is 6.00. The third-order valence-electron chi connectivity index (χ3n) is 4.27.